The van der Waals surface area contributed by atoms with Crippen LogP contribution in [0, 0.1) is 6.92 Å². The summed E-state index contributed by atoms with van der Waals surface area (Å²) in [5.41, 5.74) is 1.75. The van der Waals surface area contributed by atoms with Gasteiger partial charge in [-0.1, -0.05) is 46.2 Å². The maximum absolute atomic E-state index is 11.6. The smallest absolute Gasteiger partial charge is 0.293 e. The Hall–Kier alpha value is -1.35. The van der Waals surface area contributed by atoms with Gasteiger partial charge in [-0.15, -0.1) is 0 Å². The number of hydrogen-bond donors (Lipinski definition) is 0. The van der Waals surface area contributed by atoms with Gasteiger partial charge in [-0.2, -0.15) is 4.89 Å². The zero-order valence-corrected chi connectivity index (χ0v) is 11.4. The van der Waals surface area contributed by atoms with Crippen molar-refractivity contribution in [3.05, 3.63) is 42.3 Å². The van der Waals surface area contributed by atoms with Crippen molar-refractivity contribution in [2.24, 2.45) is 0 Å². The van der Waals surface area contributed by atoms with Crippen LogP contribution >= 0.6 is 0 Å². The van der Waals surface area contributed by atoms with Crippen LogP contribution in [0.25, 0.3) is 0 Å². The maximum atomic E-state index is 11.6. The number of carbonyl (C=O) groups is 1. The molecule has 0 heterocycles. The van der Waals surface area contributed by atoms with Gasteiger partial charge in [0.2, 0.25) is 0 Å². The molecule has 0 bridgehead atoms. The first-order valence-corrected chi connectivity index (χ1v) is 6.18. The van der Waals surface area contributed by atoms with Crippen LogP contribution in [-0.2, 0) is 15.2 Å². The van der Waals surface area contributed by atoms with Crippen molar-refractivity contribution in [2.45, 2.75) is 39.0 Å². The quantitative estimate of drug-likeness (QED) is 0.453. The molecular weight excluding hydrogens is 228 g/mol. The van der Waals surface area contributed by atoms with Crippen LogP contribution in [0.3, 0.4) is 0 Å². The summed E-state index contributed by atoms with van der Waals surface area (Å²) in [6, 6.07) is 7.39. The number of rotatable bonds is 5. The van der Waals surface area contributed by atoms with E-state index in [9.17, 15) is 4.79 Å². The van der Waals surface area contributed by atoms with E-state index < -0.39 is 5.97 Å². The highest BCUT2D eigenvalue weighted by Gasteiger charge is 2.15. The fourth-order valence-electron chi connectivity index (χ4n) is 1.41. The van der Waals surface area contributed by atoms with Crippen LogP contribution in [0.5, 0.6) is 0 Å². The zero-order valence-electron chi connectivity index (χ0n) is 11.4. The third-order valence-electron chi connectivity index (χ3n) is 2.60. The van der Waals surface area contributed by atoms with Gasteiger partial charge in [0.15, 0.2) is 0 Å². The summed E-state index contributed by atoms with van der Waals surface area (Å²) in [6.07, 6.45) is 1.54. The lowest BCUT2D eigenvalue weighted by Crippen LogP contribution is -2.12. The molecule has 1 aromatic rings. The minimum Gasteiger partial charge on any atom is -0.293 e. The number of carbonyl (C=O) groups excluding carboxylic acids is 1. The topological polar surface area (TPSA) is 35.5 Å². The third kappa shape index (κ3) is 4.49. The summed E-state index contributed by atoms with van der Waals surface area (Å²) in [7, 11) is 0. The Morgan fingerprint density at radius 2 is 1.83 bits per heavy atom. The van der Waals surface area contributed by atoms with Crippen molar-refractivity contribution < 1.29 is 14.6 Å². The summed E-state index contributed by atoms with van der Waals surface area (Å²) in [6.45, 7) is 10.4. The van der Waals surface area contributed by atoms with E-state index in [1.807, 2.05) is 12.1 Å². The van der Waals surface area contributed by atoms with E-state index >= 15 is 0 Å². The lowest BCUT2D eigenvalue weighted by molar-refractivity contribution is -0.241. The summed E-state index contributed by atoms with van der Waals surface area (Å²) in [5.74, 6) is -0.459. The molecule has 0 amide bonds. The Kier molecular flexibility index (Phi) is 5.35. The summed E-state index contributed by atoms with van der Waals surface area (Å²) in [4.78, 5) is 21.1. The van der Waals surface area contributed by atoms with Gasteiger partial charge in [-0.3, -0.25) is 4.89 Å². The monoisotopic (exact) mass is 249 g/mol. The molecule has 0 atom stereocenters. The molecule has 0 fully saturated rings. The van der Waals surface area contributed by atoms with Crippen LogP contribution in [0.2, 0.25) is 0 Å². The molecule has 3 heteroatoms. The van der Waals surface area contributed by atoms with E-state index in [1.54, 1.807) is 12.1 Å². The largest absolute Gasteiger partial charge is 0.373 e. The standard InChI is InChI=1S/C15H21O3/c1-5-6-11-17-18-14(16)12-7-9-13(10-8-12)15(2,3)4/h7-10H,1,5-6,11H2,2-4H3. The predicted molar refractivity (Wildman–Crippen MR) is 71.1 cm³/mol. The first kappa shape index (κ1) is 14.7. The maximum Gasteiger partial charge on any atom is 0.373 e. The molecule has 1 radical (unpaired) electrons. The van der Waals surface area contributed by atoms with E-state index in [0.29, 0.717) is 12.2 Å². The van der Waals surface area contributed by atoms with Crippen molar-refractivity contribution in [3.63, 3.8) is 0 Å². The Morgan fingerprint density at radius 1 is 1.22 bits per heavy atom. The molecule has 0 N–H and O–H groups in total. The van der Waals surface area contributed by atoms with Crippen molar-refractivity contribution in [1.29, 1.82) is 0 Å². The molecule has 0 saturated carbocycles. The van der Waals surface area contributed by atoms with E-state index in [0.717, 1.165) is 12.8 Å². The second-order valence-corrected chi connectivity index (χ2v) is 5.23. The average Bonchev–Trinajstić information content (AvgIpc) is 2.33. The summed E-state index contributed by atoms with van der Waals surface area (Å²) >= 11 is 0. The Balaban J connectivity index is 2.54. The lowest BCUT2D eigenvalue weighted by Gasteiger charge is -2.18. The highest BCUT2D eigenvalue weighted by atomic mass is 17.2. The number of hydrogen-bond acceptors (Lipinski definition) is 3. The van der Waals surface area contributed by atoms with Gasteiger partial charge in [0.1, 0.15) is 0 Å². The highest BCUT2D eigenvalue weighted by molar-refractivity contribution is 5.88. The predicted octanol–water partition coefficient (Wildman–Crippen LogP) is 3.69. The van der Waals surface area contributed by atoms with Gasteiger partial charge < -0.3 is 0 Å². The summed E-state index contributed by atoms with van der Waals surface area (Å²) < 4.78 is 0. The van der Waals surface area contributed by atoms with Gasteiger partial charge in [0.05, 0.1) is 12.2 Å². The molecule has 1 rings (SSSR count). The van der Waals surface area contributed by atoms with E-state index in [-0.39, 0.29) is 5.41 Å². The molecule has 0 unspecified atom stereocenters. The molecule has 99 valence electrons. The average molecular weight is 249 g/mol. The van der Waals surface area contributed by atoms with Crippen molar-refractivity contribution in [2.75, 3.05) is 6.61 Å². The third-order valence-corrected chi connectivity index (χ3v) is 2.60. The van der Waals surface area contributed by atoms with Crippen LogP contribution in [-0.4, -0.2) is 12.6 Å². The minimum absolute atomic E-state index is 0.0764. The highest BCUT2D eigenvalue weighted by Crippen LogP contribution is 2.22. The first-order chi connectivity index (χ1) is 8.45. The second kappa shape index (κ2) is 6.55. The fraction of sp³-hybridized carbons (Fsp3) is 0.467. The number of unbranched alkanes of at least 4 members (excludes halogenated alkanes) is 1. The van der Waals surface area contributed by atoms with Crippen molar-refractivity contribution >= 4 is 5.97 Å². The molecule has 0 aliphatic rings. The molecule has 1 aromatic carbocycles. The molecule has 0 saturated heterocycles. The van der Waals surface area contributed by atoms with Crippen LogP contribution in [0.15, 0.2) is 24.3 Å². The summed E-state index contributed by atoms with van der Waals surface area (Å²) in [5, 5.41) is 0. The minimum atomic E-state index is -0.459. The van der Waals surface area contributed by atoms with E-state index in [1.165, 1.54) is 5.56 Å². The van der Waals surface area contributed by atoms with Crippen LogP contribution in [0.1, 0.15) is 49.5 Å². The normalized spacial score (nSPS) is 11.3. The van der Waals surface area contributed by atoms with Gasteiger partial charge in [0, 0.05) is 0 Å². The van der Waals surface area contributed by atoms with Crippen molar-refractivity contribution in [1.82, 2.24) is 0 Å². The van der Waals surface area contributed by atoms with Crippen LogP contribution < -0.4 is 0 Å². The SMILES string of the molecule is [CH2]CCCOOC(=O)c1ccc(C(C)(C)C)cc1. The lowest BCUT2D eigenvalue weighted by atomic mass is 9.87. The molecule has 0 spiro atoms. The second-order valence-electron chi connectivity index (χ2n) is 5.23. The molecule has 0 aliphatic carbocycles. The first-order valence-electron chi connectivity index (χ1n) is 6.18. The van der Waals surface area contributed by atoms with Gasteiger partial charge in [-0.25, -0.2) is 4.79 Å². The van der Waals surface area contributed by atoms with E-state index in [2.05, 4.69) is 32.6 Å². The zero-order chi connectivity index (χ0) is 13.6. The molecule has 0 aliphatic heterocycles. The van der Waals surface area contributed by atoms with Crippen LogP contribution in [0.4, 0.5) is 0 Å². The fourth-order valence-corrected chi connectivity index (χ4v) is 1.41. The molecule has 3 nitrogen and oxygen atoms in total. The van der Waals surface area contributed by atoms with Gasteiger partial charge >= 0.3 is 5.97 Å². The van der Waals surface area contributed by atoms with Gasteiger partial charge in [-0.05, 0) is 29.5 Å². The Morgan fingerprint density at radius 3 is 2.33 bits per heavy atom. The Bertz CT molecular complexity index is 374. The number of benzene rings is 1. The molecule has 0 aromatic heterocycles. The molecule has 18 heavy (non-hydrogen) atoms. The van der Waals surface area contributed by atoms with Crippen molar-refractivity contribution in [3.8, 4) is 0 Å². The Labute approximate surface area is 109 Å². The van der Waals surface area contributed by atoms with E-state index in [4.69, 9.17) is 4.89 Å². The molecular formula is C15H21O3. The van der Waals surface area contributed by atoms with Gasteiger partial charge in [0.25, 0.3) is 0 Å².